The molecule has 2 aromatic carbocycles. The lowest BCUT2D eigenvalue weighted by atomic mass is 10.1. The molecule has 0 spiro atoms. The van der Waals surface area contributed by atoms with Crippen molar-refractivity contribution >= 4 is 49.6 Å². The first-order valence-corrected chi connectivity index (χ1v) is 11.3. The number of halogens is 2. The summed E-state index contributed by atoms with van der Waals surface area (Å²) in [4.78, 5) is 13.6. The lowest BCUT2D eigenvalue weighted by molar-refractivity contribution is 0.792. The van der Waals surface area contributed by atoms with Gasteiger partial charge in [-0.2, -0.15) is 0 Å². The SMILES string of the molecule is Brc1ccc2nc(-c3cncc(Cn4ccnc4)c3)n(Cc3ccc(I)cc3)c2c1. The summed E-state index contributed by atoms with van der Waals surface area (Å²) in [5, 5.41) is 0. The van der Waals surface area contributed by atoms with Crippen molar-refractivity contribution in [2.24, 2.45) is 0 Å². The zero-order chi connectivity index (χ0) is 20.5. The standard InChI is InChI=1S/C23H17BrIN5/c24-19-3-6-21-22(10-19)30(14-16-1-4-20(25)5-2-16)23(28-21)18-9-17(11-27-12-18)13-29-8-7-26-15-29/h1-12,15H,13-14H2. The smallest absolute Gasteiger partial charge is 0.143 e. The maximum absolute atomic E-state index is 4.96. The minimum Gasteiger partial charge on any atom is -0.333 e. The topological polar surface area (TPSA) is 48.5 Å². The van der Waals surface area contributed by atoms with Crippen molar-refractivity contribution in [2.45, 2.75) is 13.1 Å². The molecule has 5 rings (SSSR count). The van der Waals surface area contributed by atoms with Crippen LogP contribution in [0.5, 0.6) is 0 Å². The molecule has 0 N–H and O–H groups in total. The monoisotopic (exact) mass is 569 g/mol. The summed E-state index contributed by atoms with van der Waals surface area (Å²) in [6.45, 7) is 1.47. The number of rotatable bonds is 5. The summed E-state index contributed by atoms with van der Waals surface area (Å²) in [6, 6.07) is 17.0. The average molecular weight is 570 g/mol. The van der Waals surface area contributed by atoms with Gasteiger partial charge in [-0.05, 0) is 70.1 Å². The van der Waals surface area contributed by atoms with Gasteiger partial charge in [0.05, 0.1) is 23.9 Å². The second-order valence-corrected chi connectivity index (χ2v) is 9.26. The van der Waals surface area contributed by atoms with Gasteiger partial charge in [-0.25, -0.2) is 9.97 Å². The molecule has 0 unspecified atom stereocenters. The Morgan fingerprint density at radius 1 is 0.900 bits per heavy atom. The zero-order valence-electron chi connectivity index (χ0n) is 15.9. The van der Waals surface area contributed by atoms with Crippen LogP contribution in [0, 0.1) is 3.57 Å². The second-order valence-electron chi connectivity index (χ2n) is 7.10. The van der Waals surface area contributed by atoms with E-state index in [0.717, 1.165) is 45.5 Å². The molecule has 0 radical (unpaired) electrons. The molecule has 0 saturated heterocycles. The lowest BCUT2D eigenvalue weighted by Crippen LogP contribution is -2.03. The second kappa shape index (κ2) is 8.31. The molecule has 30 heavy (non-hydrogen) atoms. The molecule has 0 fully saturated rings. The van der Waals surface area contributed by atoms with Crippen LogP contribution in [0.4, 0.5) is 0 Å². The first kappa shape index (κ1) is 19.4. The van der Waals surface area contributed by atoms with Crippen LogP contribution in [0.15, 0.2) is 84.1 Å². The van der Waals surface area contributed by atoms with Crippen molar-refractivity contribution in [3.63, 3.8) is 0 Å². The van der Waals surface area contributed by atoms with Crippen LogP contribution in [-0.2, 0) is 13.1 Å². The summed E-state index contributed by atoms with van der Waals surface area (Å²) < 4.78 is 6.57. The highest BCUT2D eigenvalue weighted by atomic mass is 127. The highest BCUT2D eigenvalue weighted by Gasteiger charge is 2.14. The van der Waals surface area contributed by atoms with Crippen molar-refractivity contribution in [2.75, 3.05) is 0 Å². The predicted molar refractivity (Wildman–Crippen MR) is 130 cm³/mol. The minimum absolute atomic E-state index is 0.726. The molecular formula is C23H17BrIN5. The van der Waals surface area contributed by atoms with Crippen LogP contribution in [0.1, 0.15) is 11.1 Å². The number of fused-ring (bicyclic) bond motifs is 1. The Morgan fingerprint density at radius 2 is 1.77 bits per heavy atom. The maximum atomic E-state index is 4.96. The minimum atomic E-state index is 0.726. The number of nitrogens with zero attached hydrogens (tertiary/aromatic N) is 5. The largest absolute Gasteiger partial charge is 0.333 e. The van der Waals surface area contributed by atoms with E-state index in [-0.39, 0.29) is 0 Å². The van der Waals surface area contributed by atoms with Gasteiger partial charge in [0.15, 0.2) is 0 Å². The van der Waals surface area contributed by atoms with Crippen LogP contribution in [0.25, 0.3) is 22.4 Å². The van der Waals surface area contributed by atoms with E-state index in [1.807, 2.05) is 35.6 Å². The summed E-state index contributed by atoms with van der Waals surface area (Å²) in [5.41, 5.74) is 5.42. The van der Waals surface area contributed by atoms with Gasteiger partial charge in [0, 0.05) is 44.9 Å². The van der Waals surface area contributed by atoms with Crippen LogP contribution < -0.4 is 0 Å². The van der Waals surface area contributed by atoms with Crippen molar-refractivity contribution < 1.29 is 0 Å². The highest BCUT2D eigenvalue weighted by Crippen LogP contribution is 2.28. The number of hydrogen-bond donors (Lipinski definition) is 0. The van der Waals surface area contributed by atoms with E-state index in [4.69, 9.17) is 4.98 Å². The molecule has 3 heterocycles. The van der Waals surface area contributed by atoms with E-state index in [1.165, 1.54) is 9.13 Å². The molecule has 3 aromatic heterocycles. The Bertz CT molecular complexity index is 1310. The van der Waals surface area contributed by atoms with Crippen molar-refractivity contribution in [1.29, 1.82) is 0 Å². The van der Waals surface area contributed by atoms with Gasteiger partial charge in [-0.1, -0.05) is 28.1 Å². The number of aromatic nitrogens is 5. The summed E-state index contributed by atoms with van der Waals surface area (Å²) in [6.07, 6.45) is 9.34. The Morgan fingerprint density at radius 3 is 2.57 bits per heavy atom. The molecule has 0 saturated carbocycles. The van der Waals surface area contributed by atoms with Crippen LogP contribution in [-0.4, -0.2) is 24.1 Å². The summed E-state index contributed by atoms with van der Waals surface area (Å²) in [7, 11) is 0. The fourth-order valence-corrected chi connectivity index (χ4v) is 4.24. The molecule has 0 amide bonds. The van der Waals surface area contributed by atoms with E-state index in [9.17, 15) is 0 Å². The molecule has 0 bridgehead atoms. The molecule has 0 atom stereocenters. The van der Waals surface area contributed by atoms with Gasteiger partial charge < -0.3 is 9.13 Å². The van der Waals surface area contributed by atoms with E-state index in [0.29, 0.717) is 0 Å². The molecule has 0 aliphatic heterocycles. The average Bonchev–Trinajstić information content (AvgIpc) is 3.38. The number of imidazole rings is 2. The van der Waals surface area contributed by atoms with Gasteiger partial charge >= 0.3 is 0 Å². The summed E-state index contributed by atoms with van der Waals surface area (Å²) >= 11 is 5.94. The Labute approximate surface area is 196 Å². The summed E-state index contributed by atoms with van der Waals surface area (Å²) in [5.74, 6) is 0.918. The van der Waals surface area contributed by atoms with Gasteiger partial charge in [0.2, 0.25) is 0 Å². The quantitative estimate of drug-likeness (QED) is 0.253. The lowest BCUT2D eigenvalue weighted by Gasteiger charge is -2.11. The molecule has 5 aromatic rings. The van der Waals surface area contributed by atoms with Gasteiger partial charge in [-0.15, -0.1) is 0 Å². The van der Waals surface area contributed by atoms with Gasteiger partial charge in [-0.3, -0.25) is 4.98 Å². The van der Waals surface area contributed by atoms with Crippen LogP contribution >= 0.6 is 38.5 Å². The molecule has 5 nitrogen and oxygen atoms in total. The highest BCUT2D eigenvalue weighted by molar-refractivity contribution is 14.1. The normalized spacial score (nSPS) is 11.3. The number of benzene rings is 2. The fourth-order valence-electron chi connectivity index (χ4n) is 3.54. The zero-order valence-corrected chi connectivity index (χ0v) is 19.7. The molecule has 148 valence electrons. The molecule has 0 aliphatic rings. The van der Waals surface area contributed by atoms with Gasteiger partial charge in [0.1, 0.15) is 5.82 Å². The third kappa shape index (κ3) is 4.04. The van der Waals surface area contributed by atoms with E-state index in [2.05, 4.69) is 95.5 Å². The predicted octanol–water partition coefficient (Wildman–Crippen LogP) is 5.76. The third-order valence-corrected chi connectivity index (χ3v) is 6.15. The van der Waals surface area contributed by atoms with E-state index < -0.39 is 0 Å². The van der Waals surface area contributed by atoms with Crippen molar-refractivity contribution in [3.8, 4) is 11.4 Å². The molecule has 7 heteroatoms. The van der Waals surface area contributed by atoms with E-state index >= 15 is 0 Å². The molecule has 0 aliphatic carbocycles. The fraction of sp³-hybridized carbons (Fsp3) is 0.0870. The van der Waals surface area contributed by atoms with Crippen LogP contribution in [0.2, 0.25) is 0 Å². The first-order chi connectivity index (χ1) is 14.7. The van der Waals surface area contributed by atoms with E-state index in [1.54, 1.807) is 6.20 Å². The third-order valence-electron chi connectivity index (χ3n) is 4.94. The Balaban J connectivity index is 1.60. The van der Waals surface area contributed by atoms with Gasteiger partial charge in [0.25, 0.3) is 0 Å². The number of hydrogen-bond acceptors (Lipinski definition) is 3. The van der Waals surface area contributed by atoms with Crippen molar-refractivity contribution in [3.05, 3.63) is 98.8 Å². The van der Waals surface area contributed by atoms with Crippen molar-refractivity contribution in [1.82, 2.24) is 24.1 Å². The Hall–Kier alpha value is -2.52. The first-order valence-electron chi connectivity index (χ1n) is 9.46. The Kier molecular flexibility index (Phi) is 5.39. The maximum Gasteiger partial charge on any atom is 0.143 e. The van der Waals surface area contributed by atoms with Crippen LogP contribution in [0.3, 0.4) is 0 Å². The number of pyridine rings is 1. The molecular weight excluding hydrogens is 553 g/mol.